The molecule has 3 heteroatoms. The first-order valence-electron chi connectivity index (χ1n) is 5.42. The molecule has 1 fully saturated rings. The molecule has 1 heterocycles. The molecule has 1 atom stereocenters. The minimum Gasteiger partial charge on any atom is -0.317 e. The van der Waals surface area contributed by atoms with Crippen LogP contribution in [0.5, 0.6) is 0 Å². The van der Waals surface area contributed by atoms with Gasteiger partial charge in [0.2, 0.25) is 0 Å². The molecule has 1 aliphatic rings. The van der Waals surface area contributed by atoms with Gasteiger partial charge in [-0.1, -0.05) is 41.4 Å². The molecule has 0 radical (unpaired) electrons. The van der Waals surface area contributed by atoms with Crippen LogP contribution >= 0.6 is 21.6 Å². The summed E-state index contributed by atoms with van der Waals surface area (Å²) in [5.41, 5.74) is 0. The molecule has 13 heavy (non-hydrogen) atoms. The minimum absolute atomic E-state index is 0. The Bertz CT molecular complexity index is 119. The van der Waals surface area contributed by atoms with E-state index in [0.717, 1.165) is 11.8 Å². The van der Waals surface area contributed by atoms with E-state index in [1.807, 2.05) is 0 Å². The van der Waals surface area contributed by atoms with Gasteiger partial charge in [-0.2, -0.15) is 0 Å². The Labute approximate surface area is 91.7 Å². The summed E-state index contributed by atoms with van der Waals surface area (Å²) >= 11 is 0. The van der Waals surface area contributed by atoms with Crippen LogP contribution in [0, 0.1) is 0 Å². The molecule has 0 bridgehead atoms. The van der Waals surface area contributed by atoms with Crippen molar-refractivity contribution in [1.29, 1.82) is 0 Å². The van der Waals surface area contributed by atoms with Gasteiger partial charge >= 0.3 is 0 Å². The Balaban J connectivity index is 0.00000169. The lowest BCUT2D eigenvalue weighted by atomic mass is 10.1. The highest BCUT2D eigenvalue weighted by Crippen LogP contribution is 2.39. The van der Waals surface area contributed by atoms with Crippen LogP contribution in [0.25, 0.3) is 0 Å². The van der Waals surface area contributed by atoms with Gasteiger partial charge in [0.25, 0.3) is 0 Å². The Kier molecular flexibility index (Phi) is 7.23. The molecule has 0 saturated carbocycles. The van der Waals surface area contributed by atoms with Gasteiger partial charge in [-0.15, -0.1) is 0 Å². The Morgan fingerprint density at radius 2 is 2.31 bits per heavy atom. The summed E-state index contributed by atoms with van der Waals surface area (Å²) in [4.78, 5) is 0. The topological polar surface area (TPSA) is 12.0 Å². The fourth-order valence-corrected chi connectivity index (χ4v) is 4.57. The van der Waals surface area contributed by atoms with Crippen molar-refractivity contribution in [3.63, 3.8) is 0 Å². The second kappa shape index (κ2) is 8.01. The van der Waals surface area contributed by atoms with E-state index in [1.165, 1.54) is 44.4 Å². The molecule has 1 unspecified atom stereocenters. The highest BCUT2D eigenvalue weighted by Gasteiger charge is 2.15. The van der Waals surface area contributed by atoms with Crippen molar-refractivity contribution < 1.29 is 1.43 Å². The third-order valence-electron chi connectivity index (χ3n) is 2.36. The van der Waals surface area contributed by atoms with Crippen molar-refractivity contribution in [3.8, 4) is 0 Å². The number of hydrogen-bond acceptors (Lipinski definition) is 3. The van der Waals surface area contributed by atoms with E-state index in [9.17, 15) is 0 Å². The summed E-state index contributed by atoms with van der Waals surface area (Å²) in [7, 11) is 4.17. The van der Waals surface area contributed by atoms with Gasteiger partial charge < -0.3 is 5.32 Å². The average molecular weight is 221 g/mol. The lowest BCUT2D eigenvalue weighted by Gasteiger charge is -2.06. The summed E-state index contributed by atoms with van der Waals surface area (Å²) in [5, 5.41) is 4.34. The number of nitrogens with one attached hydrogen (secondary N) is 1. The first kappa shape index (κ1) is 11.7. The van der Waals surface area contributed by atoms with Crippen molar-refractivity contribution in [2.24, 2.45) is 0 Å². The van der Waals surface area contributed by atoms with E-state index >= 15 is 0 Å². The minimum atomic E-state index is 0. The third kappa shape index (κ3) is 5.87. The fourth-order valence-electron chi connectivity index (χ4n) is 1.54. The SMILES string of the molecule is CCNCCCCCC1CCSS1.[HH]. The molecule has 1 saturated heterocycles. The zero-order chi connectivity index (χ0) is 9.36. The van der Waals surface area contributed by atoms with Gasteiger partial charge in [-0.05, 0) is 32.4 Å². The van der Waals surface area contributed by atoms with Crippen molar-refractivity contribution >= 4 is 21.6 Å². The molecular formula is C10H23NS2. The normalized spacial score (nSPS) is 22.4. The lowest BCUT2D eigenvalue weighted by molar-refractivity contribution is 0.588. The van der Waals surface area contributed by atoms with Crippen LogP contribution in [-0.2, 0) is 0 Å². The highest BCUT2D eigenvalue weighted by molar-refractivity contribution is 8.77. The molecule has 1 aliphatic heterocycles. The van der Waals surface area contributed by atoms with Crippen LogP contribution in [0.2, 0.25) is 0 Å². The predicted octanol–water partition coefficient (Wildman–Crippen LogP) is 3.56. The first-order valence-corrected chi connectivity index (χ1v) is 7.80. The zero-order valence-corrected chi connectivity index (χ0v) is 10.2. The molecule has 1 nitrogen and oxygen atoms in total. The van der Waals surface area contributed by atoms with E-state index in [0.29, 0.717) is 0 Å². The smallest absolute Gasteiger partial charge is 0.0159 e. The second-order valence-electron chi connectivity index (χ2n) is 3.53. The molecule has 0 amide bonds. The van der Waals surface area contributed by atoms with E-state index in [1.54, 1.807) is 0 Å². The van der Waals surface area contributed by atoms with E-state index in [2.05, 4.69) is 33.8 Å². The van der Waals surface area contributed by atoms with Gasteiger partial charge in [0.05, 0.1) is 0 Å². The maximum absolute atomic E-state index is 3.37. The van der Waals surface area contributed by atoms with Gasteiger partial charge in [-0.25, -0.2) is 0 Å². The maximum atomic E-state index is 3.37. The van der Waals surface area contributed by atoms with Crippen LogP contribution in [0.4, 0.5) is 0 Å². The molecular weight excluding hydrogens is 198 g/mol. The summed E-state index contributed by atoms with van der Waals surface area (Å²) in [6.45, 7) is 4.50. The molecule has 0 aromatic carbocycles. The maximum Gasteiger partial charge on any atom is 0.0159 e. The molecule has 0 aliphatic carbocycles. The molecule has 0 aromatic heterocycles. The van der Waals surface area contributed by atoms with Crippen molar-refractivity contribution in [2.75, 3.05) is 18.8 Å². The largest absolute Gasteiger partial charge is 0.317 e. The van der Waals surface area contributed by atoms with Crippen LogP contribution in [-0.4, -0.2) is 24.1 Å². The summed E-state index contributed by atoms with van der Waals surface area (Å²) < 4.78 is 0. The Morgan fingerprint density at radius 1 is 1.38 bits per heavy atom. The lowest BCUT2D eigenvalue weighted by Crippen LogP contribution is -2.13. The van der Waals surface area contributed by atoms with Crippen LogP contribution in [0.15, 0.2) is 0 Å². The summed E-state index contributed by atoms with van der Waals surface area (Å²) in [5.74, 6) is 1.38. The van der Waals surface area contributed by atoms with Crippen LogP contribution in [0.1, 0.15) is 40.5 Å². The molecule has 80 valence electrons. The van der Waals surface area contributed by atoms with Crippen LogP contribution < -0.4 is 5.32 Å². The first-order chi connectivity index (χ1) is 6.43. The molecule has 1 rings (SSSR count). The quantitative estimate of drug-likeness (QED) is 0.521. The van der Waals surface area contributed by atoms with Crippen molar-refractivity contribution in [2.45, 2.75) is 44.3 Å². The van der Waals surface area contributed by atoms with Crippen molar-refractivity contribution in [3.05, 3.63) is 0 Å². The monoisotopic (exact) mass is 221 g/mol. The van der Waals surface area contributed by atoms with Crippen LogP contribution in [0.3, 0.4) is 0 Å². The summed E-state index contributed by atoms with van der Waals surface area (Å²) in [6, 6.07) is 0. The second-order valence-corrected chi connectivity index (χ2v) is 6.32. The average Bonchev–Trinajstić information content (AvgIpc) is 2.63. The van der Waals surface area contributed by atoms with Crippen molar-refractivity contribution in [1.82, 2.24) is 5.32 Å². The molecule has 0 aromatic rings. The fraction of sp³-hybridized carbons (Fsp3) is 1.00. The Morgan fingerprint density at radius 3 is 3.00 bits per heavy atom. The third-order valence-corrected chi connectivity index (χ3v) is 5.36. The predicted molar refractivity (Wildman–Crippen MR) is 67.6 cm³/mol. The van der Waals surface area contributed by atoms with E-state index < -0.39 is 0 Å². The van der Waals surface area contributed by atoms with Gasteiger partial charge in [0, 0.05) is 12.4 Å². The highest BCUT2D eigenvalue weighted by atomic mass is 33.1. The summed E-state index contributed by atoms with van der Waals surface area (Å²) in [6.07, 6.45) is 7.10. The van der Waals surface area contributed by atoms with E-state index in [4.69, 9.17) is 0 Å². The van der Waals surface area contributed by atoms with Gasteiger partial charge in [0.15, 0.2) is 0 Å². The molecule has 0 spiro atoms. The number of rotatable bonds is 7. The molecule has 1 N–H and O–H groups in total. The Hall–Kier alpha value is 0.660. The van der Waals surface area contributed by atoms with E-state index in [-0.39, 0.29) is 1.43 Å². The number of unbranched alkanes of at least 4 members (excludes halogenated alkanes) is 2. The standard InChI is InChI=1S/C10H21NS2.H2/c1-2-11-8-5-3-4-6-10-7-9-12-13-10;/h10-11H,2-9H2,1H3;1H. The van der Waals surface area contributed by atoms with Gasteiger partial charge in [-0.3, -0.25) is 0 Å². The number of hydrogen-bond donors (Lipinski definition) is 1. The van der Waals surface area contributed by atoms with Gasteiger partial charge in [0.1, 0.15) is 0 Å². The zero-order valence-electron chi connectivity index (χ0n) is 8.55.